The summed E-state index contributed by atoms with van der Waals surface area (Å²) in [5, 5.41) is 3.79. The lowest BCUT2D eigenvalue weighted by Crippen LogP contribution is -2.51. The molecule has 0 aromatic heterocycles. The molecule has 0 bridgehead atoms. The van der Waals surface area contributed by atoms with Crippen molar-refractivity contribution in [1.29, 1.82) is 0 Å². The number of aryl methyl sites for hydroxylation is 1. The van der Waals surface area contributed by atoms with Crippen molar-refractivity contribution in [2.45, 2.75) is 38.3 Å². The Hall–Kier alpha value is -2.49. The monoisotopic (exact) mass is 629 g/mol. The summed E-state index contributed by atoms with van der Waals surface area (Å²) >= 11 is 24.8. The molecule has 0 aliphatic carbocycles. The lowest BCUT2D eigenvalue weighted by Gasteiger charge is -2.32. The topological polar surface area (TPSA) is 86.8 Å². The van der Waals surface area contributed by atoms with Crippen molar-refractivity contribution in [3.63, 3.8) is 0 Å². The summed E-state index contributed by atoms with van der Waals surface area (Å²) in [6.07, 6.45) is 0. The van der Waals surface area contributed by atoms with E-state index in [0.29, 0.717) is 22.2 Å². The molecule has 3 aromatic rings. The molecular formula is C27H27Cl4N3O4S. The van der Waals surface area contributed by atoms with Crippen LogP contribution in [-0.2, 0) is 26.2 Å². The molecule has 0 radical (unpaired) electrons. The van der Waals surface area contributed by atoms with Gasteiger partial charge in [-0.05, 0) is 68.8 Å². The SMILES string of the molecule is CCNC(=O)[C@@H](C)N(Cc1ccc(Cl)cc1Cl)C(=O)CN(c1cc(Cl)cc(Cl)c1)S(=O)(=O)c1ccc(C)cc1. The van der Waals surface area contributed by atoms with Gasteiger partial charge in [0, 0.05) is 33.2 Å². The Labute approximate surface area is 248 Å². The largest absolute Gasteiger partial charge is 0.355 e. The Morgan fingerprint density at radius 2 is 1.51 bits per heavy atom. The second-order valence-corrected chi connectivity index (χ2v) is 12.4. The Morgan fingerprint density at radius 3 is 2.08 bits per heavy atom. The summed E-state index contributed by atoms with van der Waals surface area (Å²) in [4.78, 5) is 27.9. The highest BCUT2D eigenvalue weighted by atomic mass is 35.5. The van der Waals surface area contributed by atoms with Crippen LogP contribution in [0.5, 0.6) is 0 Å². The predicted molar refractivity (Wildman–Crippen MR) is 157 cm³/mol. The van der Waals surface area contributed by atoms with Crippen molar-refractivity contribution >= 4 is 73.9 Å². The van der Waals surface area contributed by atoms with Crippen LogP contribution in [0.2, 0.25) is 20.1 Å². The normalized spacial score (nSPS) is 12.1. The third kappa shape index (κ3) is 7.80. The van der Waals surface area contributed by atoms with Gasteiger partial charge in [-0.2, -0.15) is 0 Å². The van der Waals surface area contributed by atoms with E-state index >= 15 is 0 Å². The minimum absolute atomic E-state index is 0.0268. The van der Waals surface area contributed by atoms with Crippen LogP contribution in [0.1, 0.15) is 25.0 Å². The van der Waals surface area contributed by atoms with Crippen molar-refractivity contribution in [1.82, 2.24) is 10.2 Å². The quantitative estimate of drug-likeness (QED) is 0.283. The summed E-state index contributed by atoms with van der Waals surface area (Å²) < 4.78 is 28.6. The predicted octanol–water partition coefficient (Wildman–Crippen LogP) is 6.36. The van der Waals surface area contributed by atoms with E-state index in [0.717, 1.165) is 9.87 Å². The number of benzene rings is 3. The molecule has 0 saturated carbocycles. The molecule has 0 aliphatic heterocycles. The number of likely N-dealkylation sites (N-methyl/N-ethyl adjacent to an activating group) is 1. The van der Waals surface area contributed by atoms with Gasteiger partial charge in [-0.15, -0.1) is 0 Å². The highest BCUT2D eigenvalue weighted by Crippen LogP contribution is 2.30. The minimum atomic E-state index is -4.25. The summed E-state index contributed by atoms with van der Waals surface area (Å²) in [6, 6.07) is 14.3. The van der Waals surface area contributed by atoms with Gasteiger partial charge in [0.2, 0.25) is 11.8 Å². The molecule has 0 saturated heterocycles. The molecule has 39 heavy (non-hydrogen) atoms. The molecule has 0 spiro atoms. The minimum Gasteiger partial charge on any atom is -0.355 e. The summed E-state index contributed by atoms with van der Waals surface area (Å²) in [5.41, 5.74) is 1.49. The van der Waals surface area contributed by atoms with E-state index in [9.17, 15) is 18.0 Å². The Kier molecular flexibility index (Phi) is 10.5. The fourth-order valence-corrected chi connectivity index (χ4v) is 6.17. The second kappa shape index (κ2) is 13.2. The standard InChI is InChI=1S/C27H27Cl4N3O4S/c1-4-32-27(36)18(3)33(15-19-7-8-20(28)14-25(19)31)26(35)16-34(23-12-21(29)11-22(30)13-23)39(37,38)24-9-5-17(2)6-10-24/h5-14,18H,4,15-16H2,1-3H3,(H,32,36)/t18-/m1/s1. The first-order valence-corrected chi connectivity index (χ1v) is 14.8. The van der Waals surface area contributed by atoms with Crippen molar-refractivity contribution < 1.29 is 18.0 Å². The van der Waals surface area contributed by atoms with Crippen LogP contribution in [0.25, 0.3) is 0 Å². The molecule has 2 amide bonds. The van der Waals surface area contributed by atoms with Gasteiger partial charge in [0.1, 0.15) is 12.6 Å². The lowest BCUT2D eigenvalue weighted by atomic mass is 10.1. The van der Waals surface area contributed by atoms with Crippen molar-refractivity contribution in [2.24, 2.45) is 0 Å². The highest BCUT2D eigenvalue weighted by molar-refractivity contribution is 7.92. The van der Waals surface area contributed by atoms with E-state index in [1.165, 1.54) is 41.3 Å². The van der Waals surface area contributed by atoms with Crippen LogP contribution in [0.15, 0.2) is 65.6 Å². The number of hydrogen-bond acceptors (Lipinski definition) is 4. The van der Waals surface area contributed by atoms with Gasteiger partial charge in [0.05, 0.1) is 10.6 Å². The maximum Gasteiger partial charge on any atom is 0.264 e. The zero-order chi connectivity index (χ0) is 28.9. The van der Waals surface area contributed by atoms with E-state index in [1.54, 1.807) is 38.1 Å². The van der Waals surface area contributed by atoms with Crippen molar-refractivity contribution in [2.75, 3.05) is 17.4 Å². The van der Waals surface area contributed by atoms with Crippen LogP contribution in [0.3, 0.4) is 0 Å². The number of halogens is 4. The number of carbonyl (C=O) groups is 2. The average Bonchev–Trinajstić information content (AvgIpc) is 2.86. The first-order chi connectivity index (χ1) is 18.3. The smallest absolute Gasteiger partial charge is 0.264 e. The van der Waals surface area contributed by atoms with E-state index in [-0.39, 0.29) is 27.2 Å². The van der Waals surface area contributed by atoms with Gasteiger partial charge in [0.15, 0.2) is 0 Å². The van der Waals surface area contributed by atoms with Crippen LogP contribution in [0.4, 0.5) is 5.69 Å². The van der Waals surface area contributed by atoms with Crippen LogP contribution < -0.4 is 9.62 Å². The fourth-order valence-electron chi connectivity index (χ4n) is 3.79. The Morgan fingerprint density at radius 1 is 0.897 bits per heavy atom. The molecule has 3 aromatic carbocycles. The maximum absolute atomic E-state index is 13.9. The zero-order valence-electron chi connectivity index (χ0n) is 21.4. The van der Waals surface area contributed by atoms with Gasteiger partial charge in [-0.25, -0.2) is 8.42 Å². The number of amides is 2. The summed E-state index contributed by atoms with van der Waals surface area (Å²) in [7, 11) is -4.25. The van der Waals surface area contributed by atoms with Gasteiger partial charge < -0.3 is 10.2 Å². The van der Waals surface area contributed by atoms with Gasteiger partial charge >= 0.3 is 0 Å². The van der Waals surface area contributed by atoms with Crippen LogP contribution in [-0.4, -0.2) is 44.3 Å². The molecule has 1 atom stereocenters. The van der Waals surface area contributed by atoms with Crippen LogP contribution >= 0.6 is 46.4 Å². The molecular weight excluding hydrogens is 604 g/mol. The maximum atomic E-state index is 13.9. The van der Waals surface area contributed by atoms with E-state index in [1.807, 2.05) is 6.92 Å². The fraction of sp³-hybridized carbons (Fsp3) is 0.259. The number of hydrogen-bond donors (Lipinski definition) is 1. The first kappa shape index (κ1) is 31.0. The zero-order valence-corrected chi connectivity index (χ0v) is 25.3. The van der Waals surface area contributed by atoms with Gasteiger partial charge in [0.25, 0.3) is 10.0 Å². The Bertz CT molecular complexity index is 1450. The molecule has 0 heterocycles. The molecule has 0 fully saturated rings. The number of nitrogens with zero attached hydrogens (tertiary/aromatic N) is 2. The van der Waals surface area contributed by atoms with E-state index in [2.05, 4.69) is 5.32 Å². The molecule has 0 aliphatic rings. The molecule has 0 unspecified atom stereocenters. The molecule has 7 nitrogen and oxygen atoms in total. The van der Waals surface area contributed by atoms with Crippen molar-refractivity contribution in [3.8, 4) is 0 Å². The molecule has 12 heteroatoms. The number of carbonyl (C=O) groups excluding carboxylic acids is 2. The summed E-state index contributed by atoms with van der Waals surface area (Å²) in [5.74, 6) is -1.05. The van der Waals surface area contributed by atoms with E-state index < -0.39 is 34.4 Å². The number of rotatable bonds is 10. The first-order valence-electron chi connectivity index (χ1n) is 11.9. The Balaban J connectivity index is 2.08. The average molecular weight is 631 g/mol. The molecule has 3 rings (SSSR count). The van der Waals surface area contributed by atoms with E-state index in [4.69, 9.17) is 46.4 Å². The van der Waals surface area contributed by atoms with Crippen LogP contribution in [0, 0.1) is 6.92 Å². The molecule has 208 valence electrons. The van der Waals surface area contributed by atoms with Crippen molar-refractivity contribution in [3.05, 3.63) is 91.9 Å². The highest BCUT2D eigenvalue weighted by Gasteiger charge is 2.33. The lowest BCUT2D eigenvalue weighted by molar-refractivity contribution is -0.139. The summed E-state index contributed by atoms with van der Waals surface area (Å²) in [6.45, 7) is 4.79. The molecule has 1 N–H and O–H groups in total. The number of anilines is 1. The number of nitrogens with one attached hydrogen (secondary N) is 1. The van der Waals surface area contributed by atoms with Gasteiger partial charge in [-0.1, -0.05) is 70.2 Å². The van der Waals surface area contributed by atoms with Gasteiger partial charge in [-0.3, -0.25) is 13.9 Å². The third-order valence-corrected chi connectivity index (χ3v) is 8.71. The third-order valence-electron chi connectivity index (χ3n) is 5.90. The number of sulfonamides is 1. The second-order valence-electron chi connectivity index (χ2n) is 8.78.